The van der Waals surface area contributed by atoms with Crippen LogP contribution >= 0.6 is 11.3 Å². The van der Waals surface area contributed by atoms with Crippen molar-refractivity contribution in [2.45, 2.75) is 38.4 Å². The zero-order chi connectivity index (χ0) is 20.6. The van der Waals surface area contributed by atoms with Crippen molar-refractivity contribution in [2.24, 2.45) is 5.92 Å². The molecule has 8 heteroatoms. The highest BCUT2D eigenvalue weighted by molar-refractivity contribution is 7.16. The summed E-state index contributed by atoms with van der Waals surface area (Å²) in [4.78, 5) is 24.5. The lowest BCUT2D eigenvalue weighted by Gasteiger charge is -2.48. The third-order valence-electron chi connectivity index (χ3n) is 6.09. The van der Waals surface area contributed by atoms with Gasteiger partial charge < -0.3 is 10.0 Å². The molecule has 152 valence electrons. The molecule has 1 aromatic carbocycles. The summed E-state index contributed by atoms with van der Waals surface area (Å²) in [6, 6.07) is 8.03. The predicted molar refractivity (Wildman–Crippen MR) is 112 cm³/mol. The van der Waals surface area contributed by atoms with E-state index in [1.165, 1.54) is 12.1 Å². The number of nitrogens with one attached hydrogen (secondary N) is 1. The van der Waals surface area contributed by atoms with Crippen molar-refractivity contribution in [1.82, 2.24) is 15.3 Å². The van der Waals surface area contributed by atoms with Gasteiger partial charge in [-0.15, -0.1) is 11.3 Å². The van der Waals surface area contributed by atoms with Gasteiger partial charge in [0.1, 0.15) is 16.2 Å². The summed E-state index contributed by atoms with van der Waals surface area (Å²) < 4.78 is 13.1. The predicted octanol–water partition coefficient (Wildman–Crippen LogP) is 3.68. The molecule has 29 heavy (non-hydrogen) atoms. The first-order chi connectivity index (χ1) is 13.9. The summed E-state index contributed by atoms with van der Waals surface area (Å²) in [6.45, 7) is 4.86. The standard InChI is InChI=1S/C21H23FN4O2S/c1-13-14(2)26(20-23-12-16-7-10-29-18(16)25-20)9-8-21(13,19(27)28)24-11-15-3-5-17(22)6-4-15/h3-7,10,12-14,24H,8-9,11H2,1-2H3,(H,27,28). The molecule has 0 amide bonds. The smallest absolute Gasteiger partial charge is 0.324 e. The number of rotatable bonds is 5. The summed E-state index contributed by atoms with van der Waals surface area (Å²) in [7, 11) is 0. The topological polar surface area (TPSA) is 78.4 Å². The Kier molecular flexibility index (Phi) is 5.23. The highest BCUT2D eigenvalue weighted by atomic mass is 32.1. The first kappa shape index (κ1) is 19.7. The number of fused-ring (bicyclic) bond motifs is 1. The first-order valence-corrected chi connectivity index (χ1v) is 10.5. The van der Waals surface area contributed by atoms with E-state index in [0.29, 0.717) is 25.5 Å². The van der Waals surface area contributed by atoms with Crippen LogP contribution in [0.1, 0.15) is 25.8 Å². The number of carboxylic acid groups (broad SMARTS) is 1. The van der Waals surface area contributed by atoms with Crippen LogP contribution in [0.15, 0.2) is 41.9 Å². The molecule has 1 aliphatic rings. The van der Waals surface area contributed by atoms with Crippen LogP contribution in [0.3, 0.4) is 0 Å². The third-order valence-corrected chi connectivity index (χ3v) is 6.92. The zero-order valence-corrected chi connectivity index (χ0v) is 17.1. The quantitative estimate of drug-likeness (QED) is 0.663. The van der Waals surface area contributed by atoms with E-state index in [1.54, 1.807) is 23.5 Å². The third kappa shape index (κ3) is 3.58. The number of hydrogen-bond donors (Lipinski definition) is 2. The first-order valence-electron chi connectivity index (χ1n) is 9.60. The summed E-state index contributed by atoms with van der Waals surface area (Å²) in [5.74, 6) is -0.735. The van der Waals surface area contributed by atoms with Crippen molar-refractivity contribution in [3.8, 4) is 0 Å². The minimum Gasteiger partial charge on any atom is -0.480 e. The van der Waals surface area contributed by atoms with Gasteiger partial charge in [-0.05, 0) is 42.5 Å². The van der Waals surface area contributed by atoms with Crippen LogP contribution in [0.2, 0.25) is 0 Å². The van der Waals surface area contributed by atoms with Gasteiger partial charge >= 0.3 is 5.97 Å². The molecule has 4 rings (SSSR count). The monoisotopic (exact) mass is 414 g/mol. The molecule has 0 spiro atoms. The highest BCUT2D eigenvalue weighted by Gasteiger charge is 2.50. The van der Waals surface area contributed by atoms with Crippen LogP contribution < -0.4 is 10.2 Å². The Morgan fingerprint density at radius 1 is 1.34 bits per heavy atom. The van der Waals surface area contributed by atoms with Crippen molar-refractivity contribution >= 4 is 33.5 Å². The molecule has 6 nitrogen and oxygen atoms in total. The lowest BCUT2D eigenvalue weighted by Crippen LogP contribution is -2.66. The van der Waals surface area contributed by atoms with Gasteiger partial charge in [0.15, 0.2) is 0 Å². The molecule has 3 heterocycles. The molecule has 0 bridgehead atoms. The lowest BCUT2D eigenvalue weighted by molar-refractivity contribution is -0.149. The summed E-state index contributed by atoms with van der Waals surface area (Å²) in [6.07, 6.45) is 2.23. The van der Waals surface area contributed by atoms with Gasteiger partial charge in [0.25, 0.3) is 0 Å². The average Bonchev–Trinajstić information content (AvgIpc) is 3.18. The Balaban J connectivity index is 1.55. The van der Waals surface area contributed by atoms with Crippen LogP contribution in [-0.4, -0.2) is 39.2 Å². The maximum Gasteiger partial charge on any atom is 0.324 e. The molecule has 3 unspecified atom stereocenters. The summed E-state index contributed by atoms with van der Waals surface area (Å²) >= 11 is 1.57. The molecule has 1 aliphatic heterocycles. The van der Waals surface area contributed by atoms with Gasteiger partial charge in [-0.2, -0.15) is 0 Å². The van der Waals surface area contributed by atoms with Gasteiger partial charge in [-0.1, -0.05) is 19.1 Å². The fourth-order valence-electron chi connectivity index (χ4n) is 4.07. The Morgan fingerprint density at radius 2 is 2.10 bits per heavy atom. The molecule has 0 radical (unpaired) electrons. The Bertz CT molecular complexity index is 1020. The average molecular weight is 415 g/mol. The number of thiophene rings is 1. The number of benzene rings is 1. The second-order valence-electron chi connectivity index (χ2n) is 7.58. The summed E-state index contributed by atoms with van der Waals surface area (Å²) in [5.41, 5.74) is -0.224. The molecule has 3 atom stereocenters. The van der Waals surface area contributed by atoms with Gasteiger partial charge in [-0.3, -0.25) is 10.1 Å². The Hall–Kier alpha value is -2.58. The number of nitrogens with zero attached hydrogens (tertiary/aromatic N) is 3. The van der Waals surface area contributed by atoms with E-state index in [4.69, 9.17) is 0 Å². The number of hydrogen-bond acceptors (Lipinski definition) is 6. The molecule has 1 fully saturated rings. The van der Waals surface area contributed by atoms with Gasteiger partial charge in [0.05, 0.1) is 0 Å². The highest BCUT2D eigenvalue weighted by Crippen LogP contribution is 2.35. The second-order valence-corrected chi connectivity index (χ2v) is 8.47. The van der Waals surface area contributed by atoms with E-state index in [1.807, 2.05) is 31.5 Å². The zero-order valence-electron chi connectivity index (χ0n) is 16.3. The maximum absolute atomic E-state index is 13.1. The number of aliphatic carboxylic acids is 1. The van der Waals surface area contributed by atoms with E-state index in [-0.39, 0.29) is 17.8 Å². The van der Waals surface area contributed by atoms with Crippen LogP contribution in [0.5, 0.6) is 0 Å². The number of carboxylic acids is 1. The molecular formula is C21H23FN4O2S. The normalized spacial score (nSPS) is 24.7. The minimum atomic E-state index is -1.07. The summed E-state index contributed by atoms with van der Waals surface area (Å²) in [5, 5.41) is 16.4. The molecule has 2 aromatic heterocycles. The Morgan fingerprint density at radius 3 is 2.83 bits per heavy atom. The van der Waals surface area contributed by atoms with Gasteiger partial charge in [0.2, 0.25) is 5.95 Å². The van der Waals surface area contributed by atoms with E-state index < -0.39 is 11.5 Å². The maximum atomic E-state index is 13.1. The van der Waals surface area contributed by atoms with Crippen LogP contribution in [0.4, 0.5) is 10.3 Å². The molecule has 3 aromatic rings. The number of piperidine rings is 1. The molecule has 0 saturated carbocycles. The molecular weight excluding hydrogens is 391 g/mol. The Labute approximate surface area is 172 Å². The van der Waals surface area contributed by atoms with Crippen LogP contribution in [-0.2, 0) is 11.3 Å². The molecule has 0 aliphatic carbocycles. The van der Waals surface area contributed by atoms with E-state index >= 15 is 0 Å². The number of aromatic nitrogens is 2. The van der Waals surface area contributed by atoms with Crippen molar-refractivity contribution in [3.63, 3.8) is 0 Å². The van der Waals surface area contributed by atoms with Crippen LogP contribution in [0.25, 0.3) is 10.2 Å². The molecule has 1 saturated heterocycles. The lowest BCUT2D eigenvalue weighted by atomic mass is 9.74. The minimum absolute atomic E-state index is 0.0713. The van der Waals surface area contributed by atoms with Crippen molar-refractivity contribution in [2.75, 3.05) is 11.4 Å². The second kappa shape index (κ2) is 7.68. The van der Waals surface area contributed by atoms with Gasteiger partial charge in [-0.25, -0.2) is 14.4 Å². The van der Waals surface area contributed by atoms with E-state index in [0.717, 1.165) is 15.8 Å². The SMILES string of the molecule is CC1C(C)C(NCc2ccc(F)cc2)(C(=O)O)CCN1c1ncc2ccsc2n1. The van der Waals surface area contributed by atoms with E-state index in [9.17, 15) is 14.3 Å². The number of halogens is 1. The largest absolute Gasteiger partial charge is 0.480 e. The van der Waals surface area contributed by atoms with Gasteiger partial charge in [0, 0.05) is 36.6 Å². The van der Waals surface area contributed by atoms with Crippen LogP contribution in [0, 0.1) is 11.7 Å². The number of carbonyl (C=O) groups is 1. The fourth-order valence-corrected chi connectivity index (χ4v) is 4.80. The van der Waals surface area contributed by atoms with Crippen molar-refractivity contribution in [3.05, 3.63) is 53.3 Å². The molecule has 2 N–H and O–H groups in total. The van der Waals surface area contributed by atoms with E-state index in [2.05, 4.69) is 20.2 Å². The van der Waals surface area contributed by atoms with Crippen molar-refractivity contribution in [1.29, 1.82) is 0 Å². The van der Waals surface area contributed by atoms with Crippen molar-refractivity contribution < 1.29 is 14.3 Å². The number of anilines is 1. The fraction of sp³-hybridized carbons (Fsp3) is 0.381.